The van der Waals surface area contributed by atoms with Crippen LogP contribution in [0.2, 0.25) is 0 Å². The second-order valence-electron chi connectivity index (χ2n) is 14.4. The second-order valence-corrected chi connectivity index (χ2v) is 14.4. The van der Waals surface area contributed by atoms with E-state index in [1.54, 1.807) is 0 Å². The molecule has 57 heavy (non-hydrogen) atoms. The topological polar surface area (TPSA) is 61.7 Å². The van der Waals surface area contributed by atoms with E-state index in [0.29, 0.717) is 17.6 Å². The van der Waals surface area contributed by atoms with Crippen molar-refractivity contribution in [2.24, 2.45) is 0 Å². The van der Waals surface area contributed by atoms with E-state index in [1.807, 2.05) is 24.3 Å². The molecule has 0 aliphatic heterocycles. The first kappa shape index (κ1) is 31.5. The second kappa shape index (κ2) is 12.3. The summed E-state index contributed by atoms with van der Waals surface area (Å²) < 4.78 is 11.1. The van der Waals surface area contributed by atoms with E-state index >= 15 is 0 Å². The number of furan rings is 1. The Kier molecular flexibility index (Phi) is 6.83. The molecule has 8 aromatic carbocycles. The molecule has 0 N–H and O–H groups in total. The standard InChI is InChI=1S/C51H31N5O/c1-2-16-32(17-3-1)33-23-14-30-45-47(33)48-39(24-15-31-46(48)57-45)50-52-49(53-51(54-50)56-42-27-11-6-20-36(42)37-21-7-12-28-43(37)56)38-22-8-13-29-44(38)55-40-25-9-4-18-34(40)35-19-5-10-26-41(35)55/h1-31H. The van der Waals surface area contributed by atoms with Crippen LogP contribution in [0.15, 0.2) is 192 Å². The van der Waals surface area contributed by atoms with Crippen molar-refractivity contribution in [2.45, 2.75) is 0 Å². The third-order valence-corrected chi connectivity index (χ3v) is 11.2. The molecule has 0 amide bonds. The van der Waals surface area contributed by atoms with Crippen molar-refractivity contribution < 1.29 is 4.42 Å². The van der Waals surface area contributed by atoms with Crippen LogP contribution in [0.1, 0.15) is 0 Å². The van der Waals surface area contributed by atoms with Crippen LogP contribution in [-0.2, 0) is 0 Å². The molecule has 266 valence electrons. The number of nitrogens with zero attached hydrogens (tertiary/aromatic N) is 5. The molecule has 6 heteroatoms. The Morgan fingerprint density at radius 2 is 0.772 bits per heavy atom. The Morgan fingerprint density at radius 3 is 1.37 bits per heavy atom. The fourth-order valence-corrected chi connectivity index (χ4v) is 8.79. The predicted octanol–water partition coefficient (Wildman–Crippen LogP) is 13.0. The van der Waals surface area contributed by atoms with Crippen LogP contribution >= 0.6 is 0 Å². The van der Waals surface area contributed by atoms with Crippen molar-refractivity contribution in [3.05, 3.63) is 188 Å². The molecule has 0 aliphatic rings. The number of para-hydroxylation sites is 5. The van der Waals surface area contributed by atoms with Gasteiger partial charge in [0.1, 0.15) is 11.2 Å². The van der Waals surface area contributed by atoms with Crippen molar-refractivity contribution in [1.82, 2.24) is 24.1 Å². The van der Waals surface area contributed by atoms with Gasteiger partial charge in [0.2, 0.25) is 5.95 Å². The maximum absolute atomic E-state index is 6.58. The molecule has 0 aliphatic carbocycles. The van der Waals surface area contributed by atoms with E-state index < -0.39 is 0 Å². The normalized spacial score (nSPS) is 11.9. The predicted molar refractivity (Wildman–Crippen MR) is 232 cm³/mol. The lowest BCUT2D eigenvalue weighted by Gasteiger charge is -2.15. The molecular weight excluding hydrogens is 699 g/mol. The van der Waals surface area contributed by atoms with Crippen LogP contribution in [0.5, 0.6) is 0 Å². The van der Waals surface area contributed by atoms with E-state index in [1.165, 1.54) is 10.8 Å². The van der Waals surface area contributed by atoms with E-state index in [0.717, 1.165) is 82.7 Å². The van der Waals surface area contributed by atoms with Gasteiger partial charge in [-0.05, 0) is 59.7 Å². The van der Waals surface area contributed by atoms with Gasteiger partial charge in [0.15, 0.2) is 11.6 Å². The summed E-state index contributed by atoms with van der Waals surface area (Å²) in [5.41, 5.74) is 10.8. The highest BCUT2D eigenvalue weighted by atomic mass is 16.3. The molecule has 0 saturated carbocycles. The van der Waals surface area contributed by atoms with Crippen LogP contribution < -0.4 is 0 Å². The zero-order valence-electron chi connectivity index (χ0n) is 30.5. The molecule has 0 atom stereocenters. The van der Waals surface area contributed by atoms with E-state index in [9.17, 15) is 0 Å². The lowest BCUT2D eigenvalue weighted by molar-refractivity contribution is 0.669. The van der Waals surface area contributed by atoms with Crippen molar-refractivity contribution >= 4 is 65.6 Å². The van der Waals surface area contributed by atoms with E-state index in [4.69, 9.17) is 19.4 Å². The highest BCUT2D eigenvalue weighted by molar-refractivity contribution is 6.17. The van der Waals surface area contributed by atoms with Gasteiger partial charge in [-0.15, -0.1) is 0 Å². The molecular formula is C51H31N5O. The fraction of sp³-hybridized carbons (Fsp3) is 0. The smallest absolute Gasteiger partial charge is 0.238 e. The molecule has 0 spiro atoms. The number of aromatic nitrogens is 5. The molecule has 6 nitrogen and oxygen atoms in total. The Balaban J connectivity index is 1.19. The lowest BCUT2D eigenvalue weighted by atomic mass is 9.97. The van der Waals surface area contributed by atoms with Gasteiger partial charge in [-0.1, -0.05) is 140 Å². The minimum atomic E-state index is 0.539. The van der Waals surface area contributed by atoms with E-state index in [2.05, 4.69) is 173 Å². The zero-order chi connectivity index (χ0) is 37.5. The summed E-state index contributed by atoms with van der Waals surface area (Å²) in [6, 6.07) is 65.4. The van der Waals surface area contributed by atoms with Gasteiger partial charge in [-0.3, -0.25) is 4.57 Å². The molecule has 0 radical (unpaired) electrons. The monoisotopic (exact) mass is 729 g/mol. The molecule has 0 unspecified atom stereocenters. The van der Waals surface area contributed by atoms with Crippen LogP contribution in [-0.4, -0.2) is 24.1 Å². The van der Waals surface area contributed by atoms with Gasteiger partial charge in [0.05, 0.1) is 27.8 Å². The summed E-state index contributed by atoms with van der Waals surface area (Å²) in [7, 11) is 0. The summed E-state index contributed by atoms with van der Waals surface area (Å²) >= 11 is 0. The highest BCUT2D eigenvalue weighted by Crippen LogP contribution is 2.42. The highest BCUT2D eigenvalue weighted by Gasteiger charge is 2.23. The maximum Gasteiger partial charge on any atom is 0.238 e. The zero-order valence-corrected chi connectivity index (χ0v) is 30.5. The van der Waals surface area contributed by atoms with Crippen molar-refractivity contribution in [3.8, 4) is 45.5 Å². The molecule has 4 heterocycles. The first-order chi connectivity index (χ1) is 28.3. The van der Waals surface area contributed by atoms with Gasteiger partial charge >= 0.3 is 0 Å². The van der Waals surface area contributed by atoms with Crippen molar-refractivity contribution in [1.29, 1.82) is 0 Å². The van der Waals surface area contributed by atoms with Crippen molar-refractivity contribution in [3.63, 3.8) is 0 Å². The van der Waals surface area contributed by atoms with Crippen LogP contribution in [0.4, 0.5) is 0 Å². The first-order valence-electron chi connectivity index (χ1n) is 19.1. The van der Waals surface area contributed by atoms with Crippen LogP contribution in [0.25, 0.3) is 111 Å². The summed E-state index contributed by atoms with van der Waals surface area (Å²) in [6.45, 7) is 0. The third kappa shape index (κ3) is 4.74. The molecule has 12 aromatic rings. The summed E-state index contributed by atoms with van der Waals surface area (Å²) in [5, 5.41) is 6.65. The minimum Gasteiger partial charge on any atom is -0.456 e. The fourth-order valence-electron chi connectivity index (χ4n) is 8.79. The molecule has 0 saturated heterocycles. The molecule has 12 rings (SSSR count). The van der Waals surface area contributed by atoms with E-state index in [-0.39, 0.29) is 0 Å². The number of hydrogen-bond donors (Lipinski definition) is 0. The average Bonchev–Trinajstić information content (AvgIpc) is 3.94. The summed E-state index contributed by atoms with van der Waals surface area (Å²) in [5.74, 6) is 1.67. The number of benzene rings is 8. The molecule has 4 aromatic heterocycles. The summed E-state index contributed by atoms with van der Waals surface area (Å²) in [4.78, 5) is 16.2. The Hall–Kier alpha value is -7.83. The number of fused-ring (bicyclic) bond motifs is 9. The molecule has 0 bridgehead atoms. The summed E-state index contributed by atoms with van der Waals surface area (Å²) in [6.07, 6.45) is 0. The number of hydrogen-bond acceptors (Lipinski definition) is 4. The lowest BCUT2D eigenvalue weighted by Crippen LogP contribution is -2.08. The third-order valence-electron chi connectivity index (χ3n) is 11.2. The van der Waals surface area contributed by atoms with Gasteiger partial charge in [0.25, 0.3) is 0 Å². The maximum atomic E-state index is 6.58. The van der Waals surface area contributed by atoms with Gasteiger partial charge in [-0.2, -0.15) is 9.97 Å². The van der Waals surface area contributed by atoms with Crippen molar-refractivity contribution in [2.75, 3.05) is 0 Å². The van der Waals surface area contributed by atoms with Gasteiger partial charge < -0.3 is 8.98 Å². The SMILES string of the molecule is c1ccc(-c2cccc3oc4cccc(-c5nc(-c6ccccc6-n6c7ccccc7c7ccccc76)nc(-n6c7ccccc7c7ccccc76)n5)c4c23)cc1. The largest absolute Gasteiger partial charge is 0.456 e. The van der Waals surface area contributed by atoms with Crippen LogP contribution in [0, 0.1) is 0 Å². The quantitative estimate of drug-likeness (QED) is 0.177. The van der Waals surface area contributed by atoms with Crippen LogP contribution in [0.3, 0.4) is 0 Å². The average molecular weight is 730 g/mol. The first-order valence-corrected chi connectivity index (χ1v) is 19.1. The minimum absolute atomic E-state index is 0.539. The van der Waals surface area contributed by atoms with Gasteiger partial charge in [-0.25, -0.2) is 4.98 Å². The molecule has 0 fully saturated rings. The number of rotatable bonds is 5. The Labute approximate surface area is 326 Å². The van der Waals surface area contributed by atoms with Gasteiger partial charge in [0, 0.05) is 43.4 Å². The Bertz CT molecular complexity index is 3430. The Morgan fingerprint density at radius 1 is 0.333 bits per heavy atom.